The fraction of sp³-hybridized carbons (Fsp3) is 1.00. The van der Waals surface area contributed by atoms with E-state index in [-0.39, 0.29) is 6.54 Å². The third kappa shape index (κ3) is 12.3. The number of phosphoric acid groups is 1. The minimum atomic E-state index is -4.64. The number of hydrogen-bond donors (Lipinski definition) is 9. The van der Waals surface area contributed by atoms with Crippen LogP contribution in [0, 0.1) is 0 Å². The van der Waals surface area contributed by atoms with Crippen molar-refractivity contribution in [2.24, 2.45) is 0 Å². The van der Waals surface area contributed by atoms with Crippen LogP contribution in [-0.2, 0) is 4.57 Å². The Kier molecular flexibility index (Phi) is 10.9. The smallest absolute Gasteiger partial charge is 0.394 e. The van der Waals surface area contributed by atoms with Gasteiger partial charge < -0.3 is 45.5 Å². The highest BCUT2D eigenvalue weighted by molar-refractivity contribution is 7.45. The number of nitrogens with one attached hydrogen (secondary N) is 1. The normalized spacial score (nSPS) is 18.3. The van der Waals surface area contributed by atoms with Gasteiger partial charge in [-0.1, -0.05) is 0 Å². The Labute approximate surface area is 103 Å². The minimum Gasteiger partial charge on any atom is -0.394 e. The van der Waals surface area contributed by atoms with E-state index in [1.165, 1.54) is 0 Å². The summed E-state index contributed by atoms with van der Waals surface area (Å²) in [5.74, 6) is 0. The molecule has 0 saturated heterocycles. The first kappa shape index (κ1) is 20.2. The molecule has 0 spiro atoms. The number of aliphatic hydroxyl groups excluding tert-OH is 5. The van der Waals surface area contributed by atoms with Gasteiger partial charge in [-0.05, 0) is 7.05 Å². The Morgan fingerprint density at radius 1 is 1.00 bits per heavy atom. The molecule has 0 aromatic heterocycles. The highest BCUT2D eigenvalue weighted by Gasteiger charge is 2.29. The lowest BCUT2D eigenvalue weighted by Gasteiger charge is -2.25. The van der Waals surface area contributed by atoms with Crippen LogP contribution in [0.5, 0.6) is 0 Å². The summed E-state index contributed by atoms with van der Waals surface area (Å²) < 4.78 is 8.88. The van der Waals surface area contributed by atoms with E-state index in [9.17, 15) is 5.11 Å². The summed E-state index contributed by atoms with van der Waals surface area (Å²) in [7, 11) is -3.06. The van der Waals surface area contributed by atoms with Gasteiger partial charge in [0.25, 0.3) is 0 Å². The van der Waals surface area contributed by atoms with E-state index in [1.54, 1.807) is 7.05 Å². The van der Waals surface area contributed by atoms with Crippen LogP contribution in [0.15, 0.2) is 0 Å². The predicted octanol–water partition coefficient (Wildman–Crippen LogP) is -4.29. The van der Waals surface area contributed by atoms with Gasteiger partial charge in [-0.15, -0.1) is 0 Å². The molecular formula is C7H20NO9P. The molecular weight excluding hydrogens is 273 g/mol. The average molecular weight is 293 g/mol. The molecule has 0 aliphatic carbocycles. The molecule has 112 valence electrons. The van der Waals surface area contributed by atoms with E-state index >= 15 is 0 Å². The van der Waals surface area contributed by atoms with Crippen LogP contribution in [0.25, 0.3) is 0 Å². The van der Waals surface area contributed by atoms with E-state index in [2.05, 4.69) is 5.32 Å². The van der Waals surface area contributed by atoms with Gasteiger partial charge in [0.1, 0.15) is 18.3 Å². The molecule has 9 N–H and O–H groups in total. The van der Waals surface area contributed by atoms with Crippen molar-refractivity contribution in [2.45, 2.75) is 24.4 Å². The van der Waals surface area contributed by atoms with Crippen LogP contribution < -0.4 is 5.32 Å². The molecule has 11 heteroatoms. The first-order valence-electron chi connectivity index (χ1n) is 4.80. The Morgan fingerprint density at radius 3 is 1.61 bits per heavy atom. The molecule has 0 fully saturated rings. The Bertz CT molecular complexity index is 239. The Morgan fingerprint density at radius 2 is 1.33 bits per heavy atom. The van der Waals surface area contributed by atoms with Gasteiger partial charge in [-0.25, -0.2) is 4.57 Å². The van der Waals surface area contributed by atoms with Gasteiger partial charge in [0.2, 0.25) is 0 Å². The van der Waals surface area contributed by atoms with E-state index < -0.39 is 38.8 Å². The molecule has 0 aromatic carbocycles. The average Bonchev–Trinajstić information content (AvgIpc) is 2.24. The largest absolute Gasteiger partial charge is 0.466 e. The van der Waals surface area contributed by atoms with E-state index in [0.29, 0.717) is 0 Å². The van der Waals surface area contributed by atoms with Crippen LogP contribution >= 0.6 is 7.82 Å². The van der Waals surface area contributed by atoms with E-state index in [4.69, 9.17) is 39.7 Å². The van der Waals surface area contributed by atoms with Gasteiger partial charge in [0, 0.05) is 6.54 Å². The summed E-state index contributed by atoms with van der Waals surface area (Å²) in [5.41, 5.74) is 0. The highest BCUT2D eigenvalue weighted by atomic mass is 31.2. The maximum atomic E-state index is 9.21. The molecule has 0 heterocycles. The molecule has 0 saturated carbocycles. The lowest BCUT2D eigenvalue weighted by Crippen LogP contribution is -2.48. The summed E-state index contributed by atoms with van der Waals surface area (Å²) in [6.07, 6.45) is -5.65. The maximum Gasteiger partial charge on any atom is 0.466 e. The SMILES string of the molecule is CNC[C@H](O)[C@@H](O)[C@H](O)[C@H](O)CO.O=P(O)(O)O. The summed E-state index contributed by atoms with van der Waals surface area (Å²) in [6, 6.07) is 0. The van der Waals surface area contributed by atoms with Crippen molar-refractivity contribution >= 4 is 7.82 Å². The fourth-order valence-corrected chi connectivity index (χ4v) is 0.893. The predicted molar refractivity (Wildman–Crippen MR) is 59.3 cm³/mol. The lowest BCUT2D eigenvalue weighted by atomic mass is 10.0. The maximum absolute atomic E-state index is 9.21. The van der Waals surface area contributed by atoms with Crippen molar-refractivity contribution < 1.29 is 44.8 Å². The number of rotatable bonds is 6. The number of aliphatic hydroxyl groups is 5. The highest BCUT2D eigenvalue weighted by Crippen LogP contribution is 2.25. The second kappa shape index (κ2) is 9.75. The molecule has 0 amide bonds. The minimum absolute atomic E-state index is 0.0936. The second-order valence-electron chi connectivity index (χ2n) is 3.37. The monoisotopic (exact) mass is 293 g/mol. The number of likely N-dealkylation sites (N-methyl/N-ethyl adjacent to an activating group) is 1. The van der Waals surface area contributed by atoms with Crippen LogP contribution in [-0.4, -0.2) is 84.8 Å². The molecule has 18 heavy (non-hydrogen) atoms. The molecule has 0 aromatic rings. The molecule has 10 nitrogen and oxygen atoms in total. The summed E-state index contributed by atoms with van der Waals surface area (Å²) in [5, 5.41) is 47.5. The van der Waals surface area contributed by atoms with Crippen molar-refractivity contribution in [1.29, 1.82) is 0 Å². The first-order chi connectivity index (χ1) is 8.04. The molecule has 0 aliphatic rings. The van der Waals surface area contributed by atoms with Crippen molar-refractivity contribution in [3.05, 3.63) is 0 Å². The Hall–Kier alpha value is -0.130. The zero-order valence-electron chi connectivity index (χ0n) is 9.66. The van der Waals surface area contributed by atoms with Gasteiger partial charge in [0.15, 0.2) is 0 Å². The van der Waals surface area contributed by atoms with Crippen LogP contribution in [0.1, 0.15) is 0 Å². The Balaban J connectivity index is 0. The molecule has 0 rings (SSSR count). The standard InChI is InChI=1S/C7H17NO5.H3O4P/c1-8-2-4(10)6(12)7(13)5(11)3-9;1-5(2,3)4/h4-13H,2-3H2,1H3;(H3,1,2,3,4)/t4-,5+,6+,7+;/m0./s1. The molecule has 4 atom stereocenters. The van der Waals surface area contributed by atoms with Crippen LogP contribution in [0.2, 0.25) is 0 Å². The molecule has 0 aliphatic heterocycles. The van der Waals surface area contributed by atoms with Gasteiger partial charge >= 0.3 is 7.82 Å². The van der Waals surface area contributed by atoms with Crippen molar-refractivity contribution in [1.82, 2.24) is 5.32 Å². The van der Waals surface area contributed by atoms with Gasteiger partial charge in [0.05, 0.1) is 12.7 Å². The summed E-state index contributed by atoms with van der Waals surface area (Å²) in [4.78, 5) is 21.6. The lowest BCUT2D eigenvalue weighted by molar-refractivity contribution is -0.113. The van der Waals surface area contributed by atoms with Gasteiger partial charge in [-0.2, -0.15) is 0 Å². The van der Waals surface area contributed by atoms with Crippen LogP contribution in [0.3, 0.4) is 0 Å². The molecule has 0 radical (unpaired) electrons. The third-order valence-electron chi connectivity index (χ3n) is 1.74. The summed E-state index contributed by atoms with van der Waals surface area (Å²) >= 11 is 0. The zero-order valence-corrected chi connectivity index (χ0v) is 10.6. The van der Waals surface area contributed by atoms with Crippen molar-refractivity contribution in [3.8, 4) is 0 Å². The van der Waals surface area contributed by atoms with E-state index in [0.717, 1.165) is 0 Å². The van der Waals surface area contributed by atoms with Crippen molar-refractivity contribution in [2.75, 3.05) is 20.2 Å². The van der Waals surface area contributed by atoms with Gasteiger partial charge in [-0.3, -0.25) is 0 Å². The first-order valence-corrected chi connectivity index (χ1v) is 6.37. The quantitative estimate of drug-likeness (QED) is 0.216. The molecule has 0 bridgehead atoms. The zero-order chi connectivity index (χ0) is 14.9. The topological polar surface area (TPSA) is 191 Å². The van der Waals surface area contributed by atoms with Crippen LogP contribution in [0.4, 0.5) is 0 Å². The van der Waals surface area contributed by atoms with E-state index in [1.807, 2.05) is 0 Å². The second-order valence-corrected chi connectivity index (χ2v) is 4.40. The fourth-order valence-electron chi connectivity index (χ4n) is 0.893. The summed E-state index contributed by atoms with van der Waals surface area (Å²) in [6.45, 7) is -0.569. The number of hydrogen-bond acceptors (Lipinski definition) is 7. The third-order valence-corrected chi connectivity index (χ3v) is 1.74. The van der Waals surface area contributed by atoms with Crippen molar-refractivity contribution in [3.63, 3.8) is 0 Å². The molecule has 0 unspecified atom stereocenters.